The molecule has 0 radical (unpaired) electrons. The van der Waals surface area contributed by atoms with Crippen LogP contribution in [0.5, 0.6) is 0 Å². The summed E-state index contributed by atoms with van der Waals surface area (Å²) < 4.78 is 0.541. The lowest BCUT2D eigenvalue weighted by atomic mass is 10.2. The zero-order valence-corrected chi connectivity index (χ0v) is 11.0. The van der Waals surface area contributed by atoms with E-state index in [4.69, 9.17) is 10.4 Å². The van der Waals surface area contributed by atoms with Gasteiger partial charge in [0.1, 0.15) is 6.04 Å². The van der Waals surface area contributed by atoms with Gasteiger partial charge in [0.15, 0.2) is 0 Å². The van der Waals surface area contributed by atoms with Crippen LogP contribution in [0.1, 0.15) is 12.5 Å². The average Bonchev–Trinajstić information content (AvgIpc) is 2.31. The number of hydrogen-bond donors (Lipinski definition) is 3. The first-order valence-electron chi connectivity index (χ1n) is 4.94. The molecule has 0 bridgehead atoms. The predicted molar refractivity (Wildman–Crippen MR) is 68.1 cm³/mol. The number of hydrogen-bond acceptors (Lipinski definition) is 3. The minimum atomic E-state index is -1.12. The Balaban J connectivity index is 2.71. The number of rotatable bonds is 3. The molecule has 0 heterocycles. The van der Waals surface area contributed by atoms with Gasteiger partial charge in [-0.15, -0.1) is 0 Å². The van der Waals surface area contributed by atoms with E-state index >= 15 is 0 Å². The van der Waals surface area contributed by atoms with Crippen molar-refractivity contribution in [1.82, 2.24) is 5.32 Å². The number of anilines is 1. The zero-order valence-electron chi connectivity index (χ0n) is 9.40. The molecule has 0 saturated heterocycles. The Hall–Kier alpha value is -2.07. The summed E-state index contributed by atoms with van der Waals surface area (Å²) in [5.74, 6) is -1.12. The van der Waals surface area contributed by atoms with Gasteiger partial charge < -0.3 is 15.7 Å². The smallest absolute Gasteiger partial charge is 0.325 e. The molecule has 1 aromatic carbocycles. The number of nitriles is 1. The van der Waals surface area contributed by atoms with Crippen LogP contribution in [0, 0.1) is 11.3 Å². The molecular weight excluding hydrogens is 302 g/mol. The second-order valence-corrected chi connectivity index (χ2v) is 4.32. The van der Waals surface area contributed by atoms with Gasteiger partial charge in [0.05, 0.1) is 17.3 Å². The fourth-order valence-corrected chi connectivity index (χ4v) is 1.58. The SMILES string of the molecule is CC(NC(=O)Nc1ccc(C#N)cc1Br)C(=O)O. The van der Waals surface area contributed by atoms with E-state index in [1.54, 1.807) is 18.2 Å². The van der Waals surface area contributed by atoms with E-state index in [2.05, 4.69) is 26.6 Å². The molecule has 6 nitrogen and oxygen atoms in total. The third-order valence-electron chi connectivity index (χ3n) is 2.06. The van der Waals surface area contributed by atoms with Crippen LogP contribution in [-0.2, 0) is 4.79 Å². The van der Waals surface area contributed by atoms with Crippen LogP contribution in [0.15, 0.2) is 22.7 Å². The molecule has 1 unspecified atom stereocenters. The van der Waals surface area contributed by atoms with Gasteiger partial charge >= 0.3 is 12.0 Å². The van der Waals surface area contributed by atoms with E-state index < -0.39 is 18.0 Å². The lowest BCUT2D eigenvalue weighted by Crippen LogP contribution is -2.40. The van der Waals surface area contributed by atoms with Crippen LogP contribution in [0.4, 0.5) is 10.5 Å². The Morgan fingerprint density at radius 1 is 1.50 bits per heavy atom. The fraction of sp³-hybridized carbons (Fsp3) is 0.182. The van der Waals surface area contributed by atoms with Crippen molar-refractivity contribution in [2.24, 2.45) is 0 Å². The van der Waals surface area contributed by atoms with Crippen LogP contribution in [0.2, 0.25) is 0 Å². The van der Waals surface area contributed by atoms with Crippen molar-refractivity contribution >= 4 is 33.6 Å². The van der Waals surface area contributed by atoms with Crippen LogP contribution < -0.4 is 10.6 Å². The van der Waals surface area contributed by atoms with Gasteiger partial charge in [0.25, 0.3) is 0 Å². The first kappa shape index (κ1) is 14.0. The van der Waals surface area contributed by atoms with Gasteiger partial charge in [0, 0.05) is 4.47 Å². The predicted octanol–water partition coefficient (Wildman–Crippen LogP) is 1.92. The van der Waals surface area contributed by atoms with Gasteiger partial charge in [-0.05, 0) is 41.1 Å². The highest BCUT2D eigenvalue weighted by Crippen LogP contribution is 2.23. The van der Waals surface area contributed by atoms with Gasteiger partial charge in [-0.25, -0.2) is 4.79 Å². The Kier molecular flexibility index (Phi) is 4.68. The number of carbonyl (C=O) groups is 2. The summed E-state index contributed by atoms with van der Waals surface area (Å²) in [6.07, 6.45) is 0. The van der Waals surface area contributed by atoms with Crippen molar-refractivity contribution in [2.75, 3.05) is 5.32 Å². The summed E-state index contributed by atoms with van der Waals surface area (Å²) in [5, 5.41) is 22.0. The number of amides is 2. The molecule has 0 saturated carbocycles. The Morgan fingerprint density at radius 3 is 2.67 bits per heavy atom. The number of halogens is 1. The average molecular weight is 312 g/mol. The van der Waals surface area contributed by atoms with Crippen LogP contribution in [0.25, 0.3) is 0 Å². The van der Waals surface area contributed by atoms with E-state index in [9.17, 15) is 9.59 Å². The standard InChI is InChI=1S/C11H10BrN3O3/c1-6(10(16)17)14-11(18)15-9-3-2-7(5-13)4-8(9)12/h2-4,6H,1H3,(H,16,17)(H2,14,15,18). The highest BCUT2D eigenvalue weighted by Gasteiger charge is 2.14. The van der Waals surface area contributed by atoms with E-state index in [0.717, 1.165) is 0 Å². The molecule has 1 rings (SSSR count). The Morgan fingerprint density at radius 2 is 2.17 bits per heavy atom. The van der Waals surface area contributed by atoms with E-state index in [1.807, 2.05) is 6.07 Å². The summed E-state index contributed by atoms with van der Waals surface area (Å²) in [4.78, 5) is 22.0. The second-order valence-electron chi connectivity index (χ2n) is 3.46. The number of carboxylic acid groups (broad SMARTS) is 1. The first-order valence-corrected chi connectivity index (χ1v) is 5.73. The summed E-state index contributed by atoms with van der Waals surface area (Å²) in [5.41, 5.74) is 0.899. The quantitative estimate of drug-likeness (QED) is 0.793. The summed E-state index contributed by atoms with van der Waals surface area (Å²) in [6, 6.07) is 4.99. The fourth-order valence-electron chi connectivity index (χ4n) is 1.10. The van der Waals surface area contributed by atoms with Crippen molar-refractivity contribution in [2.45, 2.75) is 13.0 Å². The molecule has 18 heavy (non-hydrogen) atoms. The van der Waals surface area contributed by atoms with Crippen LogP contribution >= 0.6 is 15.9 Å². The van der Waals surface area contributed by atoms with Crippen LogP contribution in [-0.4, -0.2) is 23.1 Å². The second kappa shape index (κ2) is 6.02. The largest absolute Gasteiger partial charge is 0.480 e. The maximum Gasteiger partial charge on any atom is 0.325 e. The molecule has 94 valence electrons. The number of nitrogens with one attached hydrogen (secondary N) is 2. The molecule has 0 aliphatic heterocycles. The molecule has 7 heteroatoms. The van der Waals surface area contributed by atoms with Crippen molar-refractivity contribution < 1.29 is 14.7 Å². The summed E-state index contributed by atoms with van der Waals surface area (Å²) in [7, 11) is 0. The van der Waals surface area contributed by atoms with E-state index in [1.165, 1.54) is 6.92 Å². The Bertz CT molecular complexity index is 525. The highest BCUT2D eigenvalue weighted by molar-refractivity contribution is 9.10. The molecule has 0 aliphatic carbocycles. The zero-order chi connectivity index (χ0) is 13.7. The van der Waals surface area contributed by atoms with Gasteiger partial charge in [0.2, 0.25) is 0 Å². The van der Waals surface area contributed by atoms with E-state index in [-0.39, 0.29) is 0 Å². The highest BCUT2D eigenvalue weighted by atomic mass is 79.9. The molecule has 0 aromatic heterocycles. The maximum absolute atomic E-state index is 11.5. The normalized spacial score (nSPS) is 11.2. The van der Waals surface area contributed by atoms with Crippen molar-refractivity contribution in [3.8, 4) is 6.07 Å². The Labute approximate surface area is 112 Å². The molecule has 0 aliphatic rings. The third-order valence-corrected chi connectivity index (χ3v) is 2.72. The molecule has 1 aromatic rings. The van der Waals surface area contributed by atoms with Crippen molar-refractivity contribution in [3.05, 3.63) is 28.2 Å². The van der Waals surface area contributed by atoms with Gasteiger partial charge in [-0.3, -0.25) is 4.79 Å². The minimum absolute atomic E-state index is 0.448. The lowest BCUT2D eigenvalue weighted by molar-refractivity contribution is -0.138. The number of aliphatic carboxylic acids is 1. The topological polar surface area (TPSA) is 102 Å². The molecule has 0 fully saturated rings. The summed E-state index contributed by atoms with van der Waals surface area (Å²) >= 11 is 3.20. The molecule has 3 N–H and O–H groups in total. The number of carbonyl (C=O) groups excluding carboxylic acids is 1. The van der Waals surface area contributed by atoms with Crippen molar-refractivity contribution in [3.63, 3.8) is 0 Å². The van der Waals surface area contributed by atoms with E-state index in [0.29, 0.717) is 15.7 Å². The maximum atomic E-state index is 11.5. The number of carboxylic acids is 1. The first-order chi connectivity index (χ1) is 8.43. The van der Waals surface area contributed by atoms with Gasteiger partial charge in [-0.2, -0.15) is 5.26 Å². The van der Waals surface area contributed by atoms with Crippen LogP contribution in [0.3, 0.4) is 0 Å². The van der Waals surface area contributed by atoms with Crippen molar-refractivity contribution in [1.29, 1.82) is 5.26 Å². The van der Waals surface area contributed by atoms with Gasteiger partial charge in [-0.1, -0.05) is 0 Å². The molecule has 0 spiro atoms. The number of urea groups is 1. The molecular formula is C11H10BrN3O3. The number of benzene rings is 1. The minimum Gasteiger partial charge on any atom is -0.480 e. The lowest BCUT2D eigenvalue weighted by Gasteiger charge is -2.11. The monoisotopic (exact) mass is 311 g/mol. The molecule has 1 atom stereocenters. The molecule has 2 amide bonds. The third kappa shape index (κ3) is 3.75. The number of nitrogens with zero attached hydrogens (tertiary/aromatic N) is 1. The summed E-state index contributed by atoms with van der Waals surface area (Å²) in [6.45, 7) is 1.36.